The molecular formula is C17H26N4O6S2. The van der Waals surface area contributed by atoms with Crippen LogP contribution >= 0.6 is 0 Å². The second-order valence-electron chi connectivity index (χ2n) is 7.82. The van der Waals surface area contributed by atoms with E-state index in [0.29, 0.717) is 32.5 Å². The third-order valence-corrected chi connectivity index (χ3v) is 8.76. The van der Waals surface area contributed by atoms with Crippen LogP contribution < -0.4 is 10.0 Å². The summed E-state index contributed by atoms with van der Waals surface area (Å²) >= 11 is 0. The van der Waals surface area contributed by atoms with Crippen molar-refractivity contribution in [1.82, 2.24) is 4.31 Å². The van der Waals surface area contributed by atoms with Gasteiger partial charge in [0.1, 0.15) is 5.69 Å². The molecule has 29 heavy (non-hydrogen) atoms. The number of nitrogens with two attached hydrogens (primary N) is 1. The van der Waals surface area contributed by atoms with Crippen LogP contribution in [-0.2, 0) is 20.0 Å². The largest absolute Gasteiger partial charge is 0.365 e. The molecule has 162 valence electrons. The van der Waals surface area contributed by atoms with E-state index in [1.165, 1.54) is 16.4 Å². The number of nitro benzene ring substituents is 1. The molecule has 0 spiro atoms. The van der Waals surface area contributed by atoms with E-state index >= 15 is 0 Å². The minimum absolute atomic E-state index is 0.0371. The molecule has 2 N–H and O–H groups in total. The minimum atomic E-state index is -3.84. The van der Waals surface area contributed by atoms with Crippen molar-refractivity contribution in [3.8, 4) is 0 Å². The molecule has 0 unspecified atom stereocenters. The predicted octanol–water partition coefficient (Wildman–Crippen LogP) is 1.27. The highest BCUT2D eigenvalue weighted by Crippen LogP contribution is 2.34. The Hall–Kier alpha value is -1.76. The summed E-state index contributed by atoms with van der Waals surface area (Å²) in [4.78, 5) is 12.5. The van der Waals surface area contributed by atoms with Crippen molar-refractivity contribution in [3.63, 3.8) is 0 Å². The van der Waals surface area contributed by atoms with Crippen LogP contribution in [0.5, 0.6) is 0 Å². The maximum Gasteiger partial charge on any atom is 0.293 e. The van der Waals surface area contributed by atoms with Gasteiger partial charge in [-0.25, -0.2) is 22.0 Å². The number of anilines is 1. The summed E-state index contributed by atoms with van der Waals surface area (Å²) in [5, 5.41) is 16.1. The first kappa shape index (κ1) is 21.9. The molecule has 0 bridgehead atoms. The van der Waals surface area contributed by atoms with Gasteiger partial charge in [0.05, 0.1) is 15.1 Å². The lowest BCUT2D eigenvalue weighted by Gasteiger charge is -2.33. The number of piperidine rings is 2. The van der Waals surface area contributed by atoms with Crippen molar-refractivity contribution in [3.05, 3.63) is 28.3 Å². The molecule has 2 heterocycles. The van der Waals surface area contributed by atoms with Crippen LogP contribution in [0.4, 0.5) is 11.4 Å². The van der Waals surface area contributed by atoms with Crippen LogP contribution in [0.25, 0.3) is 0 Å². The summed E-state index contributed by atoms with van der Waals surface area (Å²) in [5.74, 6) is 0.233. The highest BCUT2D eigenvalue weighted by atomic mass is 32.2. The van der Waals surface area contributed by atoms with Crippen LogP contribution in [0.15, 0.2) is 23.1 Å². The Balaban J connectivity index is 1.94. The Labute approximate surface area is 170 Å². The topological polar surface area (TPSA) is 144 Å². The summed E-state index contributed by atoms with van der Waals surface area (Å²) in [7, 11) is -7.60. The Kier molecular flexibility index (Phi) is 6.18. The van der Waals surface area contributed by atoms with Gasteiger partial charge in [0.25, 0.3) is 5.69 Å². The van der Waals surface area contributed by atoms with E-state index in [9.17, 15) is 26.9 Å². The van der Waals surface area contributed by atoms with Gasteiger partial charge in [-0.3, -0.25) is 10.1 Å². The fourth-order valence-corrected chi connectivity index (χ4v) is 6.52. The molecule has 0 aliphatic carbocycles. The molecule has 10 nitrogen and oxygen atoms in total. The molecule has 0 amide bonds. The fourth-order valence-electron chi connectivity index (χ4n) is 4.02. The van der Waals surface area contributed by atoms with Crippen molar-refractivity contribution < 1.29 is 21.8 Å². The number of rotatable bonds is 5. The first-order valence-electron chi connectivity index (χ1n) is 9.55. The van der Waals surface area contributed by atoms with Crippen LogP contribution in [0.1, 0.15) is 32.6 Å². The molecule has 0 radical (unpaired) electrons. The maximum absolute atomic E-state index is 13.0. The van der Waals surface area contributed by atoms with Gasteiger partial charge in [0.15, 0.2) is 0 Å². The fraction of sp³-hybridized carbons (Fsp3) is 0.647. The van der Waals surface area contributed by atoms with E-state index in [4.69, 9.17) is 5.14 Å². The summed E-state index contributed by atoms with van der Waals surface area (Å²) in [5.41, 5.74) is -0.152. The van der Waals surface area contributed by atoms with Gasteiger partial charge in [-0.1, -0.05) is 6.92 Å². The lowest BCUT2D eigenvalue weighted by atomic mass is 10.0. The van der Waals surface area contributed by atoms with Crippen molar-refractivity contribution in [2.75, 3.05) is 31.1 Å². The van der Waals surface area contributed by atoms with Crippen molar-refractivity contribution in [1.29, 1.82) is 0 Å². The van der Waals surface area contributed by atoms with E-state index in [0.717, 1.165) is 18.9 Å². The second kappa shape index (κ2) is 8.17. The zero-order valence-corrected chi connectivity index (χ0v) is 17.9. The molecule has 1 aromatic carbocycles. The van der Waals surface area contributed by atoms with E-state index in [1.807, 2.05) is 6.92 Å². The van der Waals surface area contributed by atoms with Gasteiger partial charge in [0, 0.05) is 32.2 Å². The number of hydrogen-bond acceptors (Lipinski definition) is 7. The Morgan fingerprint density at radius 1 is 1.10 bits per heavy atom. The Morgan fingerprint density at radius 2 is 1.79 bits per heavy atom. The van der Waals surface area contributed by atoms with Crippen LogP contribution in [0, 0.1) is 16.0 Å². The van der Waals surface area contributed by atoms with E-state index in [2.05, 4.69) is 0 Å². The molecule has 3 rings (SSSR count). The maximum atomic E-state index is 13.0. The third kappa shape index (κ3) is 4.71. The predicted molar refractivity (Wildman–Crippen MR) is 109 cm³/mol. The quantitative estimate of drug-likeness (QED) is 0.530. The van der Waals surface area contributed by atoms with E-state index in [-0.39, 0.29) is 28.7 Å². The molecule has 2 saturated heterocycles. The van der Waals surface area contributed by atoms with Gasteiger partial charge in [0.2, 0.25) is 20.0 Å². The normalized spacial score (nSPS) is 24.4. The summed E-state index contributed by atoms with van der Waals surface area (Å²) in [6.07, 6.45) is 2.61. The number of benzene rings is 1. The molecule has 2 atom stereocenters. The molecule has 0 saturated carbocycles. The molecular weight excluding hydrogens is 420 g/mol. The highest BCUT2D eigenvalue weighted by molar-refractivity contribution is 7.89. The summed E-state index contributed by atoms with van der Waals surface area (Å²) in [6, 6.07) is 3.83. The number of nitro groups is 1. The third-order valence-electron chi connectivity index (χ3n) is 5.58. The Morgan fingerprint density at radius 3 is 2.41 bits per heavy atom. The highest BCUT2D eigenvalue weighted by Gasteiger charge is 2.34. The average molecular weight is 447 g/mol. The zero-order valence-electron chi connectivity index (χ0n) is 16.2. The second-order valence-corrected chi connectivity index (χ2v) is 11.6. The molecule has 0 aromatic heterocycles. The molecule has 1 aromatic rings. The molecule has 12 heteroatoms. The van der Waals surface area contributed by atoms with Crippen LogP contribution in [-0.4, -0.2) is 57.5 Å². The number of nitrogens with zero attached hydrogens (tertiary/aromatic N) is 3. The average Bonchev–Trinajstić information content (AvgIpc) is 2.67. The van der Waals surface area contributed by atoms with E-state index < -0.39 is 30.2 Å². The first-order chi connectivity index (χ1) is 13.5. The smallest absolute Gasteiger partial charge is 0.293 e. The van der Waals surface area contributed by atoms with E-state index in [1.54, 1.807) is 4.90 Å². The van der Waals surface area contributed by atoms with Crippen LogP contribution in [0.2, 0.25) is 0 Å². The lowest BCUT2D eigenvalue weighted by Crippen LogP contribution is -2.45. The van der Waals surface area contributed by atoms with Crippen molar-refractivity contribution in [2.24, 2.45) is 11.1 Å². The lowest BCUT2D eigenvalue weighted by molar-refractivity contribution is -0.384. The monoisotopic (exact) mass is 446 g/mol. The van der Waals surface area contributed by atoms with Gasteiger partial charge in [-0.05, 0) is 43.7 Å². The van der Waals surface area contributed by atoms with Gasteiger partial charge < -0.3 is 4.90 Å². The SMILES string of the molecule is C[C@@H]1CCCN(S(=O)(=O)c2ccc(N3CCC[C@H](S(N)(=O)=O)C3)c([N+](=O)[O-])c2)C1. The zero-order chi connectivity index (χ0) is 21.4. The number of primary sulfonamides is 1. The standard InChI is InChI=1S/C17H26N4O6S2/c1-13-4-2-9-20(11-13)29(26,27)14-6-7-16(17(10-14)21(22)23)19-8-3-5-15(12-19)28(18,24)25/h6-7,10,13,15H,2-5,8-9,11-12H2,1H3,(H2,18,24,25)/t13-,15+/m1/s1. The molecule has 2 fully saturated rings. The number of sulfonamides is 2. The van der Waals surface area contributed by atoms with Crippen molar-refractivity contribution in [2.45, 2.75) is 42.8 Å². The number of hydrogen-bond donors (Lipinski definition) is 1. The summed E-state index contributed by atoms with van der Waals surface area (Å²) in [6.45, 7) is 3.23. The first-order valence-corrected chi connectivity index (χ1v) is 12.6. The molecule has 2 aliphatic heterocycles. The van der Waals surface area contributed by atoms with Crippen LogP contribution in [0.3, 0.4) is 0 Å². The van der Waals surface area contributed by atoms with Gasteiger partial charge in [-0.2, -0.15) is 4.31 Å². The van der Waals surface area contributed by atoms with Gasteiger partial charge >= 0.3 is 0 Å². The molecule has 2 aliphatic rings. The minimum Gasteiger partial charge on any atom is -0.365 e. The van der Waals surface area contributed by atoms with Crippen molar-refractivity contribution >= 4 is 31.4 Å². The summed E-state index contributed by atoms with van der Waals surface area (Å²) < 4.78 is 50.7. The Bertz CT molecular complexity index is 995. The van der Waals surface area contributed by atoms with Gasteiger partial charge in [-0.15, -0.1) is 0 Å².